The van der Waals surface area contributed by atoms with Gasteiger partial charge in [0.15, 0.2) is 0 Å². The van der Waals surface area contributed by atoms with E-state index in [1.807, 2.05) is 19.1 Å². The number of hydrogen-bond acceptors (Lipinski definition) is 6. The molecule has 0 aliphatic heterocycles. The molecule has 0 aliphatic rings. The molecule has 2 aromatic carbocycles. The number of carbonyl (C=O) groups excluding carboxylic acids is 3. The minimum atomic E-state index is -1.03. The summed E-state index contributed by atoms with van der Waals surface area (Å²) in [7, 11) is 1.53. The molecule has 36 heavy (non-hydrogen) atoms. The molecule has 1 heterocycles. The number of carbonyl (C=O) groups is 3. The van der Waals surface area contributed by atoms with Gasteiger partial charge >= 0.3 is 0 Å². The van der Waals surface area contributed by atoms with Crippen LogP contribution in [0.15, 0.2) is 72.9 Å². The van der Waals surface area contributed by atoms with Crippen LogP contribution in [-0.4, -0.2) is 48.1 Å². The summed E-state index contributed by atoms with van der Waals surface area (Å²) in [5.74, 6) is -0.752. The Bertz CT molecular complexity index is 1150. The third kappa shape index (κ3) is 7.38. The predicted octanol–water partition coefficient (Wildman–Crippen LogP) is 3.35. The number of aromatic hydroxyl groups is 1. The molecule has 0 bridgehead atoms. The van der Waals surface area contributed by atoms with E-state index in [9.17, 15) is 19.5 Å². The fraction of sp³-hybridized carbons (Fsp3) is 0.259. The first-order chi connectivity index (χ1) is 17.4. The maximum Gasteiger partial charge on any atom is 0.247 e. The van der Waals surface area contributed by atoms with E-state index < -0.39 is 17.9 Å². The number of anilines is 2. The first kappa shape index (κ1) is 26.4. The zero-order valence-electron chi connectivity index (χ0n) is 20.3. The zero-order valence-corrected chi connectivity index (χ0v) is 20.3. The number of ether oxygens (including phenoxy) is 1. The van der Waals surface area contributed by atoms with Gasteiger partial charge < -0.3 is 20.5 Å². The molecule has 0 saturated heterocycles. The van der Waals surface area contributed by atoms with E-state index in [1.165, 1.54) is 24.1 Å². The molecule has 188 valence electrons. The number of rotatable bonds is 11. The minimum Gasteiger partial charge on any atom is -0.508 e. The second-order valence-electron chi connectivity index (χ2n) is 8.14. The molecule has 0 radical (unpaired) electrons. The van der Waals surface area contributed by atoms with Crippen molar-refractivity contribution in [2.75, 3.05) is 30.5 Å². The Hall–Kier alpha value is -4.24. The number of aromatic nitrogens is 1. The molecule has 9 heteroatoms. The van der Waals surface area contributed by atoms with E-state index >= 15 is 0 Å². The Labute approximate surface area is 210 Å². The average molecular weight is 491 g/mol. The van der Waals surface area contributed by atoms with Gasteiger partial charge in [-0.3, -0.25) is 19.3 Å². The molecule has 3 N–H and O–H groups in total. The summed E-state index contributed by atoms with van der Waals surface area (Å²) in [6, 6.07) is 17.4. The van der Waals surface area contributed by atoms with Gasteiger partial charge in [-0.25, -0.2) is 4.98 Å². The smallest absolute Gasteiger partial charge is 0.247 e. The fourth-order valence-electron chi connectivity index (χ4n) is 3.57. The van der Waals surface area contributed by atoms with Crippen LogP contribution < -0.4 is 15.5 Å². The lowest BCUT2D eigenvalue weighted by molar-refractivity contribution is -0.127. The molecule has 0 unspecified atom stereocenters. The lowest BCUT2D eigenvalue weighted by Gasteiger charge is -2.31. The fourth-order valence-corrected chi connectivity index (χ4v) is 3.57. The zero-order chi connectivity index (χ0) is 25.9. The first-order valence-corrected chi connectivity index (χ1v) is 11.5. The van der Waals surface area contributed by atoms with Gasteiger partial charge in [0.2, 0.25) is 17.7 Å². The molecule has 1 atom stereocenters. The molecular weight excluding hydrogens is 460 g/mol. The van der Waals surface area contributed by atoms with Crippen molar-refractivity contribution in [3.63, 3.8) is 0 Å². The van der Waals surface area contributed by atoms with E-state index in [1.54, 1.807) is 48.7 Å². The van der Waals surface area contributed by atoms with Gasteiger partial charge in [-0.15, -0.1) is 0 Å². The monoisotopic (exact) mass is 490 g/mol. The van der Waals surface area contributed by atoms with Gasteiger partial charge in [0.1, 0.15) is 17.6 Å². The second kappa shape index (κ2) is 13.0. The molecule has 3 rings (SSSR count). The number of aryl methyl sites for hydroxylation is 1. The number of amides is 3. The molecule has 0 spiro atoms. The second-order valence-corrected chi connectivity index (χ2v) is 8.14. The summed E-state index contributed by atoms with van der Waals surface area (Å²) in [6.45, 7) is 2.49. The highest BCUT2D eigenvalue weighted by atomic mass is 16.5. The van der Waals surface area contributed by atoms with Crippen LogP contribution in [0.5, 0.6) is 5.75 Å². The summed E-state index contributed by atoms with van der Waals surface area (Å²) in [6.07, 6.45) is 1.34. The largest absolute Gasteiger partial charge is 0.508 e. The van der Waals surface area contributed by atoms with Crippen LogP contribution in [0.1, 0.15) is 30.0 Å². The highest BCUT2D eigenvalue weighted by Crippen LogP contribution is 2.30. The quantitative estimate of drug-likeness (QED) is 0.355. The maximum absolute atomic E-state index is 13.6. The maximum atomic E-state index is 13.6. The third-order valence-electron chi connectivity index (χ3n) is 5.40. The Kier molecular flexibility index (Phi) is 9.53. The van der Waals surface area contributed by atoms with Crippen LogP contribution in [0.25, 0.3) is 0 Å². The van der Waals surface area contributed by atoms with E-state index in [2.05, 4.69) is 15.6 Å². The molecular formula is C27H30N4O5. The van der Waals surface area contributed by atoms with Gasteiger partial charge in [-0.1, -0.05) is 35.9 Å². The van der Waals surface area contributed by atoms with E-state index in [4.69, 9.17) is 4.74 Å². The normalized spacial score (nSPS) is 11.4. The van der Waals surface area contributed by atoms with Crippen molar-refractivity contribution in [3.05, 3.63) is 84.1 Å². The summed E-state index contributed by atoms with van der Waals surface area (Å²) in [4.78, 5) is 44.9. The lowest BCUT2D eigenvalue weighted by Crippen LogP contribution is -2.45. The van der Waals surface area contributed by atoms with E-state index in [0.29, 0.717) is 23.7 Å². The highest BCUT2D eigenvalue weighted by molar-refractivity contribution is 6.03. The van der Waals surface area contributed by atoms with Gasteiger partial charge in [0.05, 0.1) is 6.61 Å². The summed E-state index contributed by atoms with van der Waals surface area (Å²) >= 11 is 0. The van der Waals surface area contributed by atoms with Crippen molar-refractivity contribution in [1.82, 2.24) is 10.3 Å². The Morgan fingerprint density at radius 2 is 1.72 bits per heavy atom. The summed E-state index contributed by atoms with van der Waals surface area (Å²) in [5, 5.41) is 15.2. The third-order valence-corrected chi connectivity index (χ3v) is 5.40. The number of hydrogen-bond donors (Lipinski definition) is 3. The van der Waals surface area contributed by atoms with Gasteiger partial charge in [-0.2, -0.15) is 0 Å². The van der Waals surface area contributed by atoms with Crippen LogP contribution in [-0.2, 0) is 19.1 Å². The number of nitrogens with zero attached hydrogens (tertiary/aromatic N) is 2. The summed E-state index contributed by atoms with van der Waals surface area (Å²) < 4.78 is 5.04. The van der Waals surface area contributed by atoms with Crippen LogP contribution in [0.2, 0.25) is 0 Å². The SMILES string of the molecule is COCCNC(=O)[C@H](c1ccc(O)cc1)N(C(=O)CCC(=O)Nc1ccccn1)c1ccc(C)cc1. The van der Waals surface area contributed by atoms with Crippen molar-refractivity contribution in [3.8, 4) is 5.75 Å². The van der Waals surface area contributed by atoms with Crippen molar-refractivity contribution < 1.29 is 24.2 Å². The van der Waals surface area contributed by atoms with Gasteiger partial charge in [-0.05, 0) is 48.9 Å². The van der Waals surface area contributed by atoms with Crippen LogP contribution in [0.3, 0.4) is 0 Å². The highest BCUT2D eigenvalue weighted by Gasteiger charge is 2.32. The van der Waals surface area contributed by atoms with Crippen LogP contribution in [0.4, 0.5) is 11.5 Å². The van der Waals surface area contributed by atoms with E-state index in [0.717, 1.165) is 5.56 Å². The first-order valence-electron chi connectivity index (χ1n) is 11.5. The lowest BCUT2D eigenvalue weighted by atomic mass is 10.0. The Balaban J connectivity index is 1.89. The molecule has 3 amide bonds. The molecule has 1 aromatic heterocycles. The number of methoxy groups -OCH3 is 1. The molecule has 0 fully saturated rings. The number of phenols is 1. The van der Waals surface area contributed by atoms with Crippen LogP contribution >= 0.6 is 0 Å². The number of phenolic OH excluding ortho intramolecular Hbond substituents is 1. The molecule has 9 nitrogen and oxygen atoms in total. The molecule has 0 saturated carbocycles. The van der Waals surface area contributed by atoms with Gasteiger partial charge in [0.25, 0.3) is 0 Å². The van der Waals surface area contributed by atoms with Crippen molar-refractivity contribution in [2.24, 2.45) is 0 Å². The van der Waals surface area contributed by atoms with Crippen LogP contribution in [0, 0.1) is 6.92 Å². The Morgan fingerprint density at radius 1 is 1.00 bits per heavy atom. The summed E-state index contributed by atoms with van der Waals surface area (Å²) in [5.41, 5.74) is 2.01. The predicted molar refractivity (Wildman–Crippen MR) is 136 cm³/mol. The Morgan fingerprint density at radius 3 is 2.36 bits per heavy atom. The van der Waals surface area contributed by atoms with Crippen molar-refractivity contribution in [1.29, 1.82) is 0 Å². The van der Waals surface area contributed by atoms with Crippen molar-refractivity contribution >= 4 is 29.2 Å². The average Bonchev–Trinajstić information content (AvgIpc) is 2.88. The molecule has 0 aliphatic carbocycles. The topological polar surface area (TPSA) is 121 Å². The number of nitrogens with one attached hydrogen (secondary N) is 2. The standard InChI is InChI=1S/C27H30N4O5/c1-19-6-10-21(11-7-19)31(25(34)15-14-24(33)30-23-5-3-4-16-28-23)26(27(35)29-17-18-36-2)20-8-12-22(32)13-9-20/h3-13,16,26,32H,14-15,17-18H2,1-2H3,(H,29,35)(H,28,30,33)/t26-/m0/s1. The van der Waals surface area contributed by atoms with E-state index in [-0.39, 0.29) is 31.0 Å². The minimum absolute atomic E-state index is 0.0386. The number of pyridine rings is 1. The molecule has 3 aromatic rings. The van der Waals surface area contributed by atoms with Gasteiger partial charge in [0, 0.05) is 38.4 Å². The number of benzene rings is 2. The van der Waals surface area contributed by atoms with Crippen molar-refractivity contribution in [2.45, 2.75) is 25.8 Å².